The summed E-state index contributed by atoms with van der Waals surface area (Å²) in [5.41, 5.74) is 0. The van der Waals surface area contributed by atoms with Crippen LogP contribution in [0.15, 0.2) is 17.4 Å². The van der Waals surface area contributed by atoms with Gasteiger partial charge in [-0.3, -0.25) is 0 Å². The molecule has 1 saturated heterocycles. The second kappa shape index (κ2) is 3.72. The molecule has 0 aromatic carbocycles. The smallest absolute Gasteiger partial charge is 0.120 e. The highest BCUT2D eigenvalue weighted by molar-refractivity contribution is 5.27. The zero-order chi connectivity index (χ0) is 9.14. The Morgan fingerprint density at radius 2 is 1.92 bits per heavy atom. The highest BCUT2D eigenvalue weighted by Crippen LogP contribution is 2.14. The quantitative estimate of drug-likeness (QED) is 0.580. The molecule has 0 amide bonds. The summed E-state index contributed by atoms with van der Waals surface area (Å²) in [4.78, 5) is 5.91. The van der Waals surface area contributed by atoms with Gasteiger partial charge in [0.2, 0.25) is 0 Å². The number of hydrogen-bond donors (Lipinski definition) is 0. The first-order valence-corrected chi connectivity index (χ1v) is 4.19. The van der Waals surface area contributed by atoms with Crippen LogP contribution in [0.5, 0.6) is 0 Å². The summed E-state index contributed by atoms with van der Waals surface area (Å²) < 4.78 is 5.57. The van der Waals surface area contributed by atoms with Crippen molar-refractivity contribution in [1.29, 1.82) is 0 Å². The fourth-order valence-electron chi connectivity index (χ4n) is 1.49. The minimum atomic E-state index is 0.257. The van der Waals surface area contributed by atoms with Gasteiger partial charge in [-0.15, -0.1) is 0 Å². The van der Waals surface area contributed by atoms with Crippen LogP contribution in [-0.2, 0) is 4.74 Å². The molecular weight excluding hydrogens is 152 g/mol. The molecule has 0 aromatic rings. The molecule has 1 aliphatic rings. The fraction of sp³-hybridized carbons (Fsp3) is 0.667. The van der Waals surface area contributed by atoms with Crippen LogP contribution in [0.1, 0.15) is 13.8 Å². The lowest BCUT2D eigenvalue weighted by Crippen LogP contribution is -2.44. The van der Waals surface area contributed by atoms with Crippen LogP contribution < -0.4 is 0 Å². The number of aliphatic imine (C=N–C) groups is 1. The van der Waals surface area contributed by atoms with Crippen LogP contribution in [0.4, 0.5) is 0 Å². The summed E-state index contributed by atoms with van der Waals surface area (Å²) in [7, 11) is 0. The largest absolute Gasteiger partial charge is 0.372 e. The molecule has 0 radical (unpaired) electrons. The predicted octanol–water partition coefficient (Wildman–Crippen LogP) is 1.27. The summed E-state index contributed by atoms with van der Waals surface area (Å²) in [5.74, 6) is 0.747. The minimum absolute atomic E-state index is 0.257. The Bertz CT molecular complexity index is 181. The van der Waals surface area contributed by atoms with Crippen LogP contribution >= 0.6 is 0 Å². The molecule has 2 atom stereocenters. The molecule has 1 rings (SSSR count). The normalized spacial score (nSPS) is 30.0. The average molecular weight is 168 g/mol. The first-order chi connectivity index (χ1) is 5.63. The third kappa shape index (κ3) is 2.08. The molecule has 0 N–H and O–H groups in total. The van der Waals surface area contributed by atoms with E-state index in [1.54, 1.807) is 0 Å². The van der Waals surface area contributed by atoms with Gasteiger partial charge < -0.3 is 9.64 Å². The van der Waals surface area contributed by atoms with E-state index in [0.29, 0.717) is 0 Å². The summed E-state index contributed by atoms with van der Waals surface area (Å²) >= 11 is 0. The molecule has 0 aliphatic carbocycles. The molecule has 0 aromatic heterocycles. The molecule has 3 nitrogen and oxygen atoms in total. The Kier molecular flexibility index (Phi) is 2.87. The lowest BCUT2D eigenvalue weighted by molar-refractivity contribution is -0.0578. The molecule has 1 aliphatic heterocycles. The number of hydrogen-bond acceptors (Lipinski definition) is 3. The van der Waals surface area contributed by atoms with Gasteiger partial charge in [0.25, 0.3) is 0 Å². The van der Waals surface area contributed by atoms with Crippen molar-refractivity contribution in [1.82, 2.24) is 4.90 Å². The van der Waals surface area contributed by atoms with Gasteiger partial charge in [-0.05, 0) is 20.6 Å². The average Bonchev–Trinajstić information content (AvgIpc) is 2.01. The van der Waals surface area contributed by atoms with Crippen molar-refractivity contribution >= 4 is 6.72 Å². The molecule has 68 valence electrons. The van der Waals surface area contributed by atoms with E-state index in [1.165, 1.54) is 0 Å². The Balaban J connectivity index is 2.54. The molecule has 0 spiro atoms. The first-order valence-electron chi connectivity index (χ1n) is 4.19. The van der Waals surface area contributed by atoms with Crippen molar-refractivity contribution in [3.63, 3.8) is 0 Å². The summed E-state index contributed by atoms with van der Waals surface area (Å²) in [6.07, 6.45) is 0.513. The van der Waals surface area contributed by atoms with Gasteiger partial charge in [0.15, 0.2) is 0 Å². The van der Waals surface area contributed by atoms with Crippen molar-refractivity contribution in [3.8, 4) is 0 Å². The molecule has 12 heavy (non-hydrogen) atoms. The van der Waals surface area contributed by atoms with E-state index in [4.69, 9.17) is 4.74 Å². The number of nitrogens with zero attached hydrogens (tertiary/aromatic N) is 2. The van der Waals surface area contributed by atoms with Gasteiger partial charge in [0.05, 0.1) is 12.2 Å². The summed E-state index contributed by atoms with van der Waals surface area (Å²) in [6.45, 7) is 13.1. The maximum atomic E-state index is 5.57. The lowest BCUT2D eigenvalue weighted by atomic mass is 10.2. The number of morpholine rings is 1. The van der Waals surface area contributed by atoms with Crippen molar-refractivity contribution in [2.45, 2.75) is 26.1 Å². The lowest BCUT2D eigenvalue weighted by Gasteiger charge is -2.36. The second-order valence-corrected chi connectivity index (χ2v) is 3.24. The van der Waals surface area contributed by atoms with Crippen LogP contribution in [0, 0.1) is 0 Å². The maximum absolute atomic E-state index is 5.57. The summed E-state index contributed by atoms with van der Waals surface area (Å²) in [6, 6.07) is 0. The van der Waals surface area contributed by atoms with Crippen molar-refractivity contribution < 1.29 is 4.74 Å². The van der Waals surface area contributed by atoms with E-state index < -0.39 is 0 Å². The van der Waals surface area contributed by atoms with E-state index in [1.807, 2.05) is 0 Å². The Hall–Kier alpha value is -0.830. The van der Waals surface area contributed by atoms with Gasteiger partial charge in [0, 0.05) is 13.1 Å². The van der Waals surface area contributed by atoms with Crippen LogP contribution in [-0.4, -0.2) is 36.9 Å². The van der Waals surface area contributed by atoms with Crippen molar-refractivity contribution in [3.05, 3.63) is 12.4 Å². The highest BCUT2D eigenvalue weighted by atomic mass is 16.5. The fourth-order valence-corrected chi connectivity index (χ4v) is 1.49. The Labute approximate surface area is 73.7 Å². The molecule has 1 fully saturated rings. The maximum Gasteiger partial charge on any atom is 0.120 e. The zero-order valence-electron chi connectivity index (χ0n) is 7.79. The van der Waals surface area contributed by atoms with Crippen LogP contribution in [0.3, 0.4) is 0 Å². The van der Waals surface area contributed by atoms with E-state index in [9.17, 15) is 0 Å². The molecule has 1 heterocycles. The van der Waals surface area contributed by atoms with E-state index in [-0.39, 0.29) is 12.2 Å². The molecule has 3 heteroatoms. The van der Waals surface area contributed by atoms with E-state index in [2.05, 4.69) is 37.0 Å². The van der Waals surface area contributed by atoms with Gasteiger partial charge in [-0.2, -0.15) is 0 Å². The minimum Gasteiger partial charge on any atom is -0.372 e. The van der Waals surface area contributed by atoms with Crippen LogP contribution in [0.2, 0.25) is 0 Å². The predicted molar refractivity (Wildman–Crippen MR) is 50.3 cm³/mol. The zero-order valence-corrected chi connectivity index (χ0v) is 7.79. The van der Waals surface area contributed by atoms with Gasteiger partial charge in [-0.25, -0.2) is 4.99 Å². The second-order valence-electron chi connectivity index (χ2n) is 3.24. The Morgan fingerprint density at radius 3 is 2.33 bits per heavy atom. The summed E-state index contributed by atoms with van der Waals surface area (Å²) in [5, 5.41) is 0. The molecular formula is C9H16N2O. The van der Waals surface area contributed by atoms with Crippen molar-refractivity contribution in [2.75, 3.05) is 13.1 Å². The molecule has 0 bridgehead atoms. The first kappa shape index (κ1) is 9.26. The third-order valence-electron chi connectivity index (χ3n) is 1.97. The van der Waals surface area contributed by atoms with Gasteiger partial charge in [-0.1, -0.05) is 6.58 Å². The monoisotopic (exact) mass is 168 g/mol. The van der Waals surface area contributed by atoms with Crippen LogP contribution in [0.25, 0.3) is 0 Å². The SMILES string of the molecule is C=NC(=C)N1C[C@H](C)O[C@@H](C)C1. The van der Waals surface area contributed by atoms with Crippen molar-refractivity contribution in [2.24, 2.45) is 4.99 Å². The number of ether oxygens (including phenoxy) is 1. The van der Waals surface area contributed by atoms with E-state index in [0.717, 1.165) is 18.9 Å². The van der Waals surface area contributed by atoms with Gasteiger partial charge >= 0.3 is 0 Å². The standard InChI is InChI=1S/C9H16N2O/c1-7-5-11(9(3)10-4)6-8(2)12-7/h7-8H,3-6H2,1-2H3/t7-,8-/m0/s1. The Morgan fingerprint density at radius 1 is 1.42 bits per heavy atom. The molecule has 0 unspecified atom stereocenters. The van der Waals surface area contributed by atoms with E-state index >= 15 is 0 Å². The molecule has 0 saturated carbocycles. The third-order valence-corrected chi connectivity index (χ3v) is 1.97. The van der Waals surface area contributed by atoms with Gasteiger partial charge in [0.1, 0.15) is 5.82 Å². The number of rotatable bonds is 2. The highest BCUT2D eigenvalue weighted by Gasteiger charge is 2.22. The topological polar surface area (TPSA) is 24.8 Å².